The van der Waals surface area contributed by atoms with Crippen molar-refractivity contribution in [2.45, 2.75) is 20.8 Å². The van der Waals surface area contributed by atoms with Crippen LogP contribution in [0.5, 0.6) is 5.75 Å². The van der Waals surface area contributed by atoms with Gasteiger partial charge in [-0.15, -0.1) is 0 Å². The van der Waals surface area contributed by atoms with E-state index in [0.717, 1.165) is 32.6 Å². The van der Waals surface area contributed by atoms with Crippen LogP contribution in [0.15, 0.2) is 30.3 Å². The molecule has 0 fully saturated rings. The van der Waals surface area contributed by atoms with Crippen LogP contribution in [0.2, 0.25) is 0 Å². The second kappa shape index (κ2) is 6.49. The van der Waals surface area contributed by atoms with Crippen LogP contribution in [0.1, 0.15) is 16.7 Å². The van der Waals surface area contributed by atoms with Crippen molar-refractivity contribution in [2.75, 3.05) is 17.7 Å². The number of urea groups is 1. The second-order valence-corrected chi connectivity index (χ2v) is 6.74. The summed E-state index contributed by atoms with van der Waals surface area (Å²) in [6.45, 7) is 6.01. The van der Waals surface area contributed by atoms with Gasteiger partial charge in [0.1, 0.15) is 11.3 Å². The summed E-state index contributed by atoms with van der Waals surface area (Å²) in [5, 5.41) is 6.19. The monoisotopic (exact) mass is 341 g/mol. The first-order valence-corrected chi connectivity index (χ1v) is 8.38. The smallest absolute Gasteiger partial charge is 0.325 e. The van der Waals surface area contributed by atoms with E-state index in [0.29, 0.717) is 10.9 Å². The number of benzene rings is 2. The van der Waals surface area contributed by atoms with Gasteiger partial charge in [0, 0.05) is 5.69 Å². The molecule has 0 saturated heterocycles. The lowest BCUT2D eigenvalue weighted by Gasteiger charge is -2.07. The minimum atomic E-state index is -0.310. The molecule has 1 aromatic heterocycles. The zero-order valence-electron chi connectivity index (χ0n) is 14.1. The van der Waals surface area contributed by atoms with Crippen LogP contribution in [0.25, 0.3) is 10.2 Å². The molecule has 0 aliphatic carbocycles. The summed E-state index contributed by atoms with van der Waals surface area (Å²) in [6.07, 6.45) is 0. The lowest BCUT2D eigenvalue weighted by Crippen LogP contribution is -2.19. The number of aromatic nitrogens is 1. The van der Waals surface area contributed by atoms with E-state index in [1.165, 1.54) is 11.3 Å². The maximum Gasteiger partial charge on any atom is 0.325 e. The maximum atomic E-state index is 12.2. The average Bonchev–Trinajstić information content (AvgIpc) is 2.90. The number of amides is 2. The molecule has 24 heavy (non-hydrogen) atoms. The Morgan fingerprint density at radius 3 is 2.46 bits per heavy atom. The van der Waals surface area contributed by atoms with Gasteiger partial charge in [0.05, 0.1) is 11.8 Å². The number of anilines is 2. The summed E-state index contributed by atoms with van der Waals surface area (Å²) in [5.41, 5.74) is 4.84. The number of nitrogens with zero attached hydrogens (tertiary/aromatic N) is 1. The van der Waals surface area contributed by atoms with Gasteiger partial charge < -0.3 is 10.1 Å². The molecular weight excluding hydrogens is 322 g/mol. The van der Waals surface area contributed by atoms with Crippen LogP contribution in [0.4, 0.5) is 15.6 Å². The van der Waals surface area contributed by atoms with Gasteiger partial charge in [-0.05, 0) is 55.7 Å². The van der Waals surface area contributed by atoms with Crippen molar-refractivity contribution in [3.05, 3.63) is 47.0 Å². The summed E-state index contributed by atoms with van der Waals surface area (Å²) >= 11 is 1.44. The fraction of sp³-hybridized carbons (Fsp3) is 0.222. The summed E-state index contributed by atoms with van der Waals surface area (Å²) in [5.74, 6) is 0.703. The highest BCUT2D eigenvalue weighted by atomic mass is 32.1. The number of thiazole rings is 1. The van der Waals surface area contributed by atoms with Crippen LogP contribution >= 0.6 is 11.3 Å². The van der Waals surface area contributed by atoms with Crippen LogP contribution < -0.4 is 15.4 Å². The first-order valence-electron chi connectivity index (χ1n) is 7.56. The van der Waals surface area contributed by atoms with Crippen LogP contribution in [0.3, 0.4) is 0 Å². The predicted molar refractivity (Wildman–Crippen MR) is 99.5 cm³/mol. The number of nitrogens with one attached hydrogen (secondary N) is 2. The molecule has 2 N–H and O–H groups in total. The molecular formula is C18H19N3O2S. The number of rotatable bonds is 3. The SMILES string of the molecule is COc1ccc(C)c2sc(NC(=O)Nc3cc(C)cc(C)c3)nc12. The molecule has 6 heteroatoms. The third kappa shape index (κ3) is 3.33. The lowest BCUT2D eigenvalue weighted by molar-refractivity contribution is 0.262. The van der Waals surface area contributed by atoms with E-state index in [-0.39, 0.29) is 6.03 Å². The van der Waals surface area contributed by atoms with E-state index in [4.69, 9.17) is 4.74 Å². The van der Waals surface area contributed by atoms with E-state index in [1.807, 2.05) is 45.0 Å². The summed E-state index contributed by atoms with van der Waals surface area (Å²) in [7, 11) is 1.61. The highest BCUT2D eigenvalue weighted by Gasteiger charge is 2.13. The molecule has 0 spiro atoms. The molecule has 3 aromatic rings. The molecule has 2 aromatic carbocycles. The van der Waals surface area contributed by atoms with E-state index in [1.54, 1.807) is 7.11 Å². The van der Waals surface area contributed by atoms with Gasteiger partial charge in [-0.2, -0.15) is 0 Å². The third-order valence-corrected chi connectivity index (χ3v) is 4.73. The maximum absolute atomic E-state index is 12.2. The van der Waals surface area contributed by atoms with Gasteiger partial charge in [0.15, 0.2) is 5.13 Å². The Hall–Kier alpha value is -2.60. The van der Waals surface area contributed by atoms with E-state index >= 15 is 0 Å². The standard InChI is InChI=1S/C18H19N3O2S/c1-10-7-11(2)9-13(8-10)19-17(22)21-18-20-15-14(23-4)6-5-12(3)16(15)24-18/h5-9H,1-4H3,(H2,19,20,21,22). The van der Waals surface area contributed by atoms with Crippen molar-refractivity contribution < 1.29 is 9.53 Å². The van der Waals surface area contributed by atoms with Crippen molar-refractivity contribution in [1.82, 2.24) is 4.98 Å². The number of ether oxygens (including phenoxy) is 1. The summed E-state index contributed by atoms with van der Waals surface area (Å²) in [4.78, 5) is 16.7. The quantitative estimate of drug-likeness (QED) is 0.714. The highest BCUT2D eigenvalue weighted by Crippen LogP contribution is 2.34. The van der Waals surface area contributed by atoms with Crippen molar-refractivity contribution in [3.63, 3.8) is 0 Å². The number of carbonyl (C=O) groups excluding carboxylic acids is 1. The van der Waals surface area contributed by atoms with E-state index in [9.17, 15) is 4.79 Å². The first kappa shape index (κ1) is 16.3. The Morgan fingerprint density at radius 1 is 1.08 bits per heavy atom. The minimum absolute atomic E-state index is 0.310. The predicted octanol–water partition coefficient (Wildman–Crippen LogP) is 4.87. The van der Waals surface area contributed by atoms with Crippen LogP contribution in [-0.4, -0.2) is 18.1 Å². The normalized spacial score (nSPS) is 10.7. The molecule has 2 amide bonds. The number of hydrogen-bond donors (Lipinski definition) is 2. The molecule has 3 rings (SSSR count). The molecule has 5 nitrogen and oxygen atoms in total. The lowest BCUT2D eigenvalue weighted by atomic mass is 10.1. The Bertz CT molecular complexity index is 898. The third-order valence-electron chi connectivity index (χ3n) is 3.62. The highest BCUT2D eigenvalue weighted by molar-refractivity contribution is 7.22. The molecule has 0 atom stereocenters. The molecule has 0 unspecified atom stereocenters. The van der Waals surface area contributed by atoms with Crippen LogP contribution in [0, 0.1) is 20.8 Å². The van der Waals surface area contributed by atoms with Gasteiger partial charge in [0.2, 0.25) is 0 Å². The molecule has 0 aliphatic rings. The van der Waals surface area contributed by atoms with Crippen molar-refractivity contribution in [1.29, 1.82) is 0 Å². The molecule has 0 saturated carbocycles. The number of aryl methyl sites for hydroxylation is 3. The van der Waals surface area contributed by atoms with E-state index < -0.39 is 0 Å². The average molecular weight is 341 g/mol. The van der Waals surface area contributed by atoms with Crippen LogP contribution in [-0.2, 0) is 0 Å². The first-order chi connectivity index (χ1) is 11.5. The molecule has 0 aliphatic heterocycles. The molecule has 1 heterocycles. The Morgan fingerprint density at radius 2 is 1.79 bits per heavy atom. The largest absolute Gasteiger partial charge is 0.494 e. The Labute approximate surface area is 144 Å². The van der Waals surface area contributed by atoms with Crippen molar-refractivity contribution >= 4 is 38.4 Å². The minimum Gasteiger partial charge on any atom is -0.494 e. The molecule has 124 valence electrons. The topological polar surface area (TPSA) is 63.2 Å². The number of hydrogen-bond acceptors (Lipinski definition) is 4. The molecule has 0 bridgehead atoms. The van der Waals surface area contributed by atoms with Crippen molar-refractivity contribution in [2.24, 2.45) is 0 Å². The van der Waals surface area contributed by atoms with Gasteiger partial charge >= 0.3 is 6.03 Å². The van der Waals surface area contributed by atoms with Gasteiger partial charge in [0.25, 0.3) is 0 Å². The van der Waals surface area contributed by atoms with Crippen molar-refractivity contribution in [3.8, 4) is 5.75 Å². The fourth-order valence-electron chi connectivity index (χ4n) is 2.63. The van der Waals surface area contributed by atoms with Gasteiger partial charge in [-0.25, -0.2) is 9.78 Å². The fourth-order valence-corrected chi connectivity index (χ4v) is 3.58. The molecule has 0 radical (unpaired) electrons. The number of carbonyl (C=O) groups is 1. The second-order valence-electron chi connectivity index (χ2n) is 5.74. The van der Waals surface area contributed by atoms with Gasteiger partial charge in [-0.1, -0.05) is 23.5 Å². The summed E-state index contributed by atoms with van der Waals surface area (Å²) in [6, 6.07) is 9.48. The Kier molecular flexibility index (Phi) is 4.40. The summed E-state index contributed by atoms with van der Waals surface area (Å²) < 4.78 is 6.35. The zero-order chi connectivity index (χ0) is 17.3. The zero-order valence-corrected chi connectivity index (χ0v) is 14.9. The van der Waals surface area contributed by atoms with E-state index in [2.05, 4.69) is 21.7 Å². The Balaban J connectivity index is 1.81. The number of fused-ring (bicyclic) bond motifs is 1. The number of methoxy groups -OCH3 is 1. The van der Waals surface area contributed by atoms with Gasteiger partial charge in [-0.3, -0.25) is 5.32 Å².